The predicted molar refractivity (Wildman–Crippen MR) is 93.6 cm³/mol. The molecule has 23 heavy (non-hydrogen) atoms. The summed E-state index contributed by atoms with van der Waals surface area (Å²) in [6, 6.07) is 7.58. The van der Waals surface area contributed by atoms with E-state index >= 15 is 0 Å². The molecule has 2 aliphatic heterocycles. The van der Waals surface area contributed by atoms with E-state index in [2.05, 4.69) is 25.8 Å². The Kier molecular flexibility index (Phi) is 4.13. The Morgan fingerprint density at radius 3 is 2.00 bits per heavy atom. The highest BCUT2D eigenvalue weighted by molar-refractivity contribution is 7.89. The number of hydrogen-bond acceptors (Lipinski definition) is 3. The SMILES string of the molecule is CN=C1CC2CCC(C1)N2S(=O)(=O)c1ccc(C(C)(C)C)cc1. The third kappa shape index (κ3) is 2.96. The molecule has 1 aromatic carbocycles. The van der Waals surface area contributed by atoms with E-state index in [0.717, 1.165) is 37.0 Å². The Labute approximate surface area is 139 Å². The quantitative estimate of drug-likeness (QED) is 0.832. The van der Waals surface area contributed by atoms with E-state index in [1.54, 1.807) is 16.4 Å². The van der Waals surface area contributed by atoms with Gasteiger partial charge in [0.05, 0.1) is 4.90 Å². The molecule has 2 unspecified atom stereocenters. The topological polar surface area (TPSA) is 49.7 Å². The molecule has 2 fully saturated rings. The van der Waals surface area contributed by atoms with Crippen LogP contribution in [-0.2, 0) is 15.4 Å². The molecule has 4 nitrogen and oxygen atoms in total. The Bertz CT molecular complexity index is 698. The zero-order valence-corrected chi connectivity index (χ0v) is 15.2. The molecule has 2 atom stereocenters. The van der Waals surface area contributed by atoms with Crippen LogP contribution >= 0.6 is 0 Å². The van der Waals surface area contributed by atoms with Crippen LogP contribution in [0.25, 0.3) is 0 Å². The van der Waals surface area contributed by atoms with E-state index in [0.29, 0.717) is 4.90 Å². The number of rotatable bonds is 2. The van der Waals surface area contributed by atoms with Gasteiger partial charge in [-0.05, 0) is 36.0 Å². The fraction of sp³-hybridized carbons (Fsp3) is 0.611. The van der Waals surface area contributed by atoms with E-state index in [4.69, 9.17) is 0 Å². The Morgan fingerprint density at radius 2 is 1.57 bits per heavy atom. The molecule has 0 aromatic heterocycles. The molecule has 0 amide bonds. The number of fused-ring (bicyclic) bond motifs is 2. The second-order valence-electron chi connectivity index (χ2n) is 7.69. The molecule has 0 N–H and O–H groups in total. The average molecular weight is 334 g/mol. The van der Waals surface area contributed by atoms with Crippen molar-refractivity contribution >= 4 is 15.7 Å². The highest BCUT2D eigenvalue weighted by Crippen LogP contribution is 2.39. The summed E-state index contributed by atoms with van der Waals surface area (Å²) in [5.41, 5.74) is 2.34. The summed E-state index contributed by atoms with van der Waals surface area (Å²) < 4.78 is 27.9. The molecule has 0 spiro atoms. The van der Waals surface area contributed by atoms with Gasteiger partial charge in [0.15, 0.2) is 0 Å². The smallest absolute Gasteiger partial charge is 0.243 e. The standard InChI is InChI=1S/C18H26N2O2S/c1-18(2,3)13-5-9-17(10-6-13)23(21,22)20-15-7-8-16(20)12-14(11-15)19-4/h5-6,9-10,15-16H,7-8,11-12H2,1-4H3. The van der Waals surface area contributed by atoms with E-state index in [1.807, 2.05) is 19.2 Å². The minimum absolute atomic E-state index is 0.0267. The highest BCUT2D eigenvalue weighted by Gasteiger charge is 2.46. The lowest BCUT2D eigenvalue weighted by Crippen LogP contribution is -2.46. The first-order valence-corrected chi connectivity index (χ1v) is 9.76. The average Bonchev–Trinajstić information content (AvgIpc) is 2.78. The fourth-order valence-electron chi connectivity index (χ4n) is 3.77. The van der Waals surface area contributed by atoms with Crippen molar-refractivity contribution in [3.63, 3.8) is 0 Å². The Morgan fingerprint density at radius 1 is 1.04 bits per heavy atom. The maximum Gasteiger partial charge on any atom is 0.243 e. The van der Waals surface area contributed by atoms with Crippen LogP contribution < -0.4 is 0 Å². The zero-order valence-electron chi connectivity index (χ0n) is 14.4. The second kappa shape index (κ2) is 5.71. The lowest BCUT2D eigenvalue weighted by molar-refractivity contribution is 0.310. The maximum absolute atomic E-state index is 13.1. The summed E-state index contributed by atoms with van der Waals surface area (Å²) in [6.07, 6.45) is 3.46. The first-order chi connectivity index (χ1) is 10.7. The van der Waals surface area contributed by atoms with Crippen molar-refractivity contribution in [3.8, 4) is 0 Å². The van der Waals surface area contributed by atoms with Crippen LogP contribution in [-0.4, -0.2) is 37.6 Å². The summed E-state index contributed by atoms with van der Waals surface area (Å²) in [4.78, 5) is 4.73. The summed E-state index contributed by atoms with van der Waals surface area (Å²) in [6.45, 7) is 6.40. The van der Waals surface area contributed by atoms with Gasteiger partial charge in [0.2, 0.25) is 10.0 Å². The molecular formula is C18H26N2O2S. The normalized spacial score (nSPS) is 25.7. The minimum Gasteiger partial charge on any atom is -0.297 e. The zero-order chi connectivity index (χ0) is 16.8. The molecule has 0 radical (unpaired) electrons. The maximum atomic E-state index is 13.1. The van der Waals surface area contributed by atoms with Crippen molar-refractivity contribution in [2.75, 3.05) is 7.05 Å². The van der Waals surface area contributed by atoms with Gasteiger partial charge in [0.1, 0.15) is 0 Å². The molecule has 2 bridgehead atoms. The number of hydrogen-bond donors (Lipinski definition) is 0. The molecule has 5 heteroatoms. The molecule has 2 heterocycles. The largest absolute Gasteiger partial charge is 0.297 e. The van der Waals surface area contributed by atoms with Crippen molar-refractivity contribution in [1.82, 2.24) is 4.31 Å². The van der Waals surface area contributed by atoms with Crippen LogP contribution in [0, 0.1) is 0 Å². The summed E-state index contributed by atoms with van der Waals surface area (Å²) in [5, 5.41) is 0. The lowest BCUT2D eigenvalue weighted by atomic mass is 9.87. The summed E-state index contributed by atoms with van der Waals surface area (Å²) in [5.74, 6) is 0. The van der Waals surface area contributed by atoms with Gasteiger partial charge < -0.3 is 0 Å². The second-order valence-corrected chi connectivity index (χ2v) is 9.54. The van der Waals surface area contributed by atoms with E-state index < -0.39 is 10.0 Å². The van der Waals surface area contributed by atoms with Gasteiger partial charge in [-0.25, -0.2) is 8.42 Å². The minimum atomic E-state index is -3.41. The van der Waals surface area contributed by atoms with E-state index in [1.165, 1.54) is 0 Å². The number of benzene rings is 1. The lowest BCUT2D eigenvalue weighted by Gasteiger charge is -2.34. The van der Waals surface area contributed by atoms with Gasteiger partial charge >= 0.3 is 0 Å². The molecule has 1 aromatic rings. The van der Waals surface area contributed by atoms with Crippen LogP contribution in [0.3, 0.4) is 0 Å². The first kappa shape index (κ1) is 16.7. The number of sulfonamides is 1. The van der Waals surface area contributed by atoms with Gasteiger partial charge in [-0.1, -0.05) is 32.9 Å². The fourth-order valence-corrected chi connectivity index (χ4v) is 5.64. The van der Waals surface area contributed by atoms with E-state index in [9.17, 15) is 8.42 Å². The Balaban J connectivity index is 1.91. The van der Waals surface area contributed by atoms with Gasteiger partial charge in [-0.15, -0.1) is 0 Å². The predicted octanol–water partition coefficient (Wildman–Crippen LogP) is 3.37. The molecule has 2 aliphatic rings. The van der Waals surface area contributed by atoms with Crippen molar-refractivity contribution in [2.24, 2.45) is 4.99 Å². The van der Waals surface area contributed by atoms with Crippen LogP contribution in [0.5, 0.6) is 0 Å². The van der Waals surface area contributed by atoms with Crippen molar-refractivity contribution < 1.29 is 8.42 Å². The molecule has 2 saturated heterocycles. The van der Waals surface area contributed by atoms with Crippen molar-refractivity contribution in [3.05, 3.63) is 29.8 Å². The third-order valence-electron chi connectivity index (χ3n) is 5.11. The first-order valence-electron chi connectivity index (χ1n) is 8.32. The van der Waals surface area contributed by atoms with Crippen LogP contribution in [0.4, 0.5) is 0 Å². The third-order valence-corrected chi connectivity index (χ3v) is 7.13. The van der Waals surface area contributed by atoms with Gasteiger partial charge in [-0.2, -0.15) is 4.31 Å². The highest BCUT2D eigenvalue weighted by atomic mass is 32.2. The van der Waals surface area contributed by atoms with Gasteiger partial charge in [0, 0.05) is 37.7 Å². The summed E-state index contributed by atoms with van der Waals surface area (Å²) in [7, 11) is -1.60. The van der Waals surface area contributed by atoms with Crippen LogP contribution in [0.2, 0.25) is 0 Å². The number of aliphatic imine (C=N–C) groups is 1. The molecule has 3 rings (SSSR count). The number of piperidine rings is 1. The van der Waals surface area contributed by atoms with Crippen LogP contribution in [0.1, 0.15) is 52.0 Å². The molecule has 0 saturated carbocycles. The van der Waals surface area contributed by atoms with Crippen LogP contribution in [0.15, 0.2) is 34.2 Å². The molecule has 126 valence electrons. The monoisotopic (exact) mass is 334 g/mol. The summed E-state index contributed by atoms with van der Waals surface area (Å²) >= 11 is 0. The number of nitrogens with zero attached hydrogens (tertiary/aromatic N) is 2. The van der Waals surface area contributed by atoms with E-state index in [-0.39, 0.29) is 17.5 Å². The molecular weight excluding hydrogens is 308 g/mol. The van der Waals surface area contributed by atoms with Gasteiger partial charge in [-0.3, -0.25) is 4.99 Å². The Hall–Kier alpha value is -1.20. The van der Waals surface area contributed by atoms with Crippen molar-refractivity contribution in [2.45, 2.75) is 68.8 Å². The van der Waals surface area contributed by atoms with Gasteiger partial charge in [0.25, 0.3) is 0 Å². The molecule has 0 aliphatic carbocycles. The van der Waals surface area contributed by atoms with Crippen molar-refractivity contribution in [1.29, 1.82) is 0 Å².